The molecule has 0 aromatic heterocycles. The van der Waals surface area contributed by atoms with Gasteiger partial charge in [-0.2, -0.15) is 0 Å². The molecule has 0 spiro atoms. The number of nitrogens with two attached hydrogens (primary N) is 1. The third-order valence-electron chi connectivity index (χ3n) is 4.96. The Balaban J connectivity index is 3.08. The molecule has 0 rings (SSSR count). The molecule has 3 N–H and O–H groups in total. The van der Waals surface area contributed by atoms with Crippen LogP contribution in [0.15, 0.2) is 0 Å². The zero-order chi connectivity index (χ0) is 18.4. The molecule has 0 heterocycles. The summed E-state index contributed by atoms with van der Waals surface area (Å²) < 4.78 is 0. The van der Waals surface area contributed by atoms with Gasteiger partial charge in [0, 0.05) is 13.0 Å². The average molecular weight is 355 g/mol. The monoisotopic (exact) mass is 354 g/mol. The van der Waals surface area contributed by atoms with Gasteiger partial charge < -0.3 is 11.1 Å². The van der Waals surface area contributed by atoms with Gasteiger partial charge in [-0.05, 0) is 25.8 Å². The summed E-state index contributed by atoms with van der Waals surface area (Å²) in [5.74, 6) is 0.215. The summed E-state index contributed by atoms with van der Waals surface area (Å²) in [7, 11) is 0. The second kappa shape index (κ2) is 21.5. The molecule has 0 bridgehead atoms. The first-order valence-electron chi connectivity index (χ1n) is 11.3. The van der Waals surface area contributed by atoms with Crippen molar-refractivity contribution < 1.29 is 4.79 Å². The SMILES string of the molecule is CCCCCCCCCCCCCCCCCC(=O)NCCCCN. The highest BCUT2D eigenvalue weighted by molar-refractivity contribution is 5.75. The molecule has 150 valence electrons. The van der Waals surface area contributed by atoms with E-state index in [0.717, 1.165) is 32.4 Å². The summed E-state index contributed by atoms with van der Waals surface area (Å²) in [4.78, 5) is 11.6. The fraction of sp³-hybridized carbons (Fsp3) is 0.955. The van der Waals surface area contributed by atoms with Gasteiger partial charge in [-0.1, -0.05) is 96.8 Å². The highest BCUT2D eigenvalue weighted by atomic mass is 16.1. The van der Waals surface area contributed by atoms with Gasteiger partial charge >= 0.3 is 0 Å². The molecule has 0 aliphatic rings. The Morgan fingerprint density at radius 2 is 1.08 bits per heavy atom. The second-order valence-electron chi connectivity index (χ2n) is 7.55. The van der Waals surface area contributed by atoms with E-state index in [1.807, 2.05) is 0 Å². The van der Waals surface area contributed by atoms with Crippen LogP contribution in [0.1, 0.15) is 122 Å². The molecule has 0 aliphatic carbocycles. The first kappa shape index (κ1) is 24.4. The predicted octanol–water partition coefficient (Wildman–Crippen LogP) is 6.10. The Morgan fingerprint density at radius 1 is 0.640 bits per heavy atom. The van der Waals surface area contributed by atoms with Crippen molar-refractivity contribution in [1.82, 2.24) is 5.32 Å². The minimum atomic E-state index is 0.215. The van der Waals surface area contributed by atoms with Crippen molar-refractivity contribution in [2.24, 2.45) is 5.73 Å². The van der Waals surface area contributed by atoms with Crippen LogP contribution >= 0.6 is 0 Å². The lowest BCUT2D eigenvalue weighted by Crippen LogP contribution is -2.24. The van der Waals surface area contributed by atoms with E-state index >= 15 is 0 Å². The smallest absolute Gasteiger partial charge is 0.219 e. The van der Waals surface area contributed by atoms with Gasteiger partial charge in [0.2, 0.25) is 5.91 Å². The number of hydrogen-bond donors (Lipinski definition) is 2. The molecular weight excluding hydrogens is 308 g/mol. The number of hydrogen-bond acceptors (Lipinski definition) is 2. The van der Waals surface area contributed by atoms with E-state index in [-0.39, 0.29) is 5.91 Å². The van der Waals surface area contributed by atoms with Gasteiger partial charge in [0.05, 0.1) is 0 Å². The third kappa shape index (κ3) is 21.4. The Morgan fingerprint density at radius 3 is 1.52 bits per heavy atom. The molecule has 0 aromatic rings. The number of rotatable bonds is 20. The van der Waals surface area contributed by atoms with E-state index in [2.05, 4.69) is 12.2 Å². The molecular formula is C22H46N2O. The van der Waals surface area contributed by atoms with Crippen molar-refractivity contribution in [2.75, 3.05) is 13.1 Å². The standard InChI is InChI=1S/C22H46N2O/c1-2-3-4-5-6-7-8-9-10-11-12-13-14-15-16-19-22(25)24-21-18-17-20-23/h2-21,23H2,1H3,(H,24,25). The largest absolute Gasteiger partial charge is 0.356 e. The normalized spacial score (nSPS) is 11.0. The number of unbranched alkanes of at least 4 members (excludes halogenated alkanes) is 15. The predicted molar refractivity (Wildman–Crippen MR) is 111 cm³/mol. The summed E-state index contributed by atoms with van der Waals surface area (Å²) in [6, 6.07) is 0. The van der Waals surface area contributed by atoms with Crippen LogP contribution in [0, 0.1) is 0 Å². The van der Waals surface area contributed by atoms with Crippen LogP contribution < -0.4 is 11.1 Å². The average Bonchev–Trinajstić information content (AvgIpc) is 2.62. The first-order chi connectivity index (χ1) is 12.3. The molecule has 0 radical (unpaired) electrons. The number of nitrogens with one attached hydrogen (secondary N) is 1. The van der Waals surface area contributed by atoms with Crippen molar-refractivity contribution in [2.45, 2.75) is 122 Å². The van der Waals surface area contributed by atoms with Crippen LogP contribution in [0.4, 0.5) is 0 Å². The van der Waals surface area contributed by atoms with Crippen LogP contribution in [0.25, 0.3) is 0 Å². The zero-order valence-corrected chi connectivity index (χ0v) is 17.1. The highest BCUT2D eigenvalue weighted by Crippen LogP contribution is 2.13. The van der Waals surface area contributed by atoms with Gasteiger partial charge in [0.1, 0.15) is 0 Å². The summed E-state index contributed by atoms with van der Waals surface area (Å²) >= 11 is 0. The summed E-state index contributed by atoms with van der Waals surface area (Å²) in [6.45, 7) is 3.78. The molecule has 3 heteroatoms. The van der Waals surface area contributed by atoms with Gasteiger partial charge in [-0.25, -0.2) is 0 Å². The quantitative estimate of drug-likeness (QED) is 0.259. The summed E-state index contributed by atoms with van der Waals surface area (Å²) in [6.07, 6.45) is 23.2. The van der Waals surface area contributed by atoms with Gasteiger partial charge in [-0.3, -0.25) is 4.79 Å². The highest BCUT2D eigenvalue weighted by Gasteiger charge is 2.00. The molecule has 0 unspecified atom stereocenters. The maximum atomic E-state index is 11.6. The Labute approximate surface area is 157 Å². The van der Waals surface area contributed by atoms with E-state index in [9.17, 15) is 4.79 Å². The van der Waals surface area contributed by atoms with E-state index in [1.165, 1.54) is 89.9 Å². The Hall–Kier alpha value is -0.570. The molecule has 3 nitrogen and oxygen atoms in total. The fourth-order valence-corrected chi connectivity index (χ4v) is 3.24. The van der Waals surface area contributed by atoms with Crippen LogP contribution in [0.2, 0.25) is 0 Å². The lowest BCUT2D eigenvalue weighted by atomic mass is 10.0. The van der Waals surface area contributed by atoms with E-state index in [1.54, 1.807) is 0 Å². The molecule has 0 aromatic carbocycles. The third-order valence-corrected chi connectivity index (χ3v) is 4.96. The Kier molecular flexibility index (Phi) is 21.0. The topological polar surface area (TPSA) is 55.1 Å². The lowest BCUT2D eigenvalue weighted by Gasteiger charge is -2.05. The molecule has 1 amide bonds. The van der Waals surface area contributed by atoms with Crippen LogP contribution in [0.3, 0.4) is 0 Å². The molecule has 0 atom stereocenters. The fourth-order valence-electron chi connectivity index (χ4n) is 3.24. The minimum absolute atomic E-state index is 0.215. The lowest BCUT2D eigenvalue weighted by molar-refractivity contribution is -0.121. The maximum absolute atomic E-state index is 11.6. The van der Waals surface area contributed by atoms with Crippen molar-refractivity contribution >= 4 is 5.91 Å². The van der Waals surface area contributed by atoms with Crippen molar-refractivity contribution in [1.29, 1.82) is 0 Å². The molecule has 0 saturated carbocycles. The van der Waals surface area contributed by atoms with Crippen LogP contribution in [0.5, 0.6) is 0 Å². The Bertz CT molecular complexity index is 269. The maximum Gasteiger partial charge on any atom is 0.219 e. The van der Waals surface area contributed by atoms with Gasteiger partial charge in [0.15, 0.2) is 0 Å². The van der Waals surface area contributed by atoms with E-state index < -0.39 is 0 Å². The van der Waals surface area contributed by atoms with Crippen LogP contribution in [-0.4, -0.2) is 19.0 Å². The second-order valence-corrected chi connectivity index (χ2v) is 7.55. The number of carbonyl (C=O) groups is 1. The molecule has 25 heavy (non-hydrogen) atoms. The van der Waals surface area contributed by atoms with Gasteiger partial charge in [-0.15, -0.1) is 0 Å². The zero-order valence-electron chi connectivity index (χ0n) is 17.1. The molecule has 0 saturated heterocycles. The minimum Gasteiger partial charge on any atom is -0.356 e. The van der Waals surface area contributed by atoms with Crippen molar-refractivity contribution in [3.63, 3.8) is 0 Å². The van der Waals surface area contributed by atoms with E-state index in [0.29, 0.717) is 6.42 Å². The van der Waals surface area contributed by atoms with E-state index in [4.69, 9.17) is 5.73 Å². The van der Waals surface area contributed by atoms with Crippen molar-refractivity contribution in [3.8, 4) is 0 Å². The first-order valence-corrected chi connectivity index (χ1v) is 11.3. The number of carbonyl (C=O) groups excluding carboxylic acids is 1. The van der Waals surface area contributed by atoms with Crippen LogP contribution in [-0.2, 0) is 4.79 Å². The molecule has 0 fully saturated rings. The van der Waals surface area contributed by atoms with Crippen molar-refractivity contribution in [3.05, 3.63) is 0 Å². The molecule has 0 aliphatic heterocycles. The summed E-state index contributed by atoms with van der Waals surface area (Å²) in [5, 5.41) is 2.97. The number of amides is 1. The van der Waals surface area contributed by atoms with Gasteiger partial charge in [0.25, 0.3) is 0 Å². The summed E-state index contributed by atoms with van der Waals surface area (Å²) in [5.41, 5.74) is 5.43.